The van der Waals surface area contributed by atoms with Crippen molar-refractivity contribution in [1.29, 1.82) is 0 Å². The molecule has 9 heteroatoms. The summed E-state index contributed by atoms with van der Waals surface area (Å²) >= 11 is 7.53. The number of hydrogen-bond donors (Lipinski definition) is 1. The van der Waals surface area contributed by atoms with Crippen LogP contribution in [0.2, 0.25) is 5.02 Å². The quantitative estimate of drug-likeness (QED) is 0.356. The summed E-state index contributed by atoms with van der Waals surface area (Å²) in [6.07, 6.45) is 2.18. The highest BCUT2D eigenvalue weighted by Crippen LogP contribution is 2.35. The van der Waals surface area contributed by atoms with Crippen LogP contribution in [0.3, 0.4) is 0 Å². The number of amides is 1. The van der Waals surface area contributed by atoms with E-state index in [1.54, 1.807) is 26.5 Å². The number of carbonyl (C=O) groups excluding carboxylic acids is 1. The van der Waals surface area contributed by atoms with Gasteiger partial charge >= 0.3 is 0 Å². The van der Waals surface area contributed by atoms with Gasteiger partial charge in [-0.05, 0) is 30.3 Å². The fraction of sp³-hybridized carbons (Fsp3) is 0.174. The molecule has 2 aromatic carbocycles. The minimum Gasteiger partial charge on any atom is -0.497 e. The number of aromatic nitrogens is 2. The van der Waals surface area contributed by atoms with Crippen LogP contribution < -0.4 is 14.8 Å². The lowest BCUT2D eigenvalue weighted by Crippen LogP contribution is -2.12. The molecule has 0 atom stereocenters. The van der Waals surface area contributed by atoms with Crippen molar-refractivity contribution in [3.05, 3.63) is 65.0 Å². The molecule has 0 aliphatic carbocycles. The first-order chi connectivity index (χ1) is 15.6. The average Bonchev–Trinajstić information content (AvgIpc) is 3.47. The van der Waals surface area contributed by atoms with Gasteiger partial charge in [0.25, 0.3) is 0 Å². The van der Waals surface area contributed by atoms with Crippen molar-refractivity contribution >= 4 is 34.0 Å². The van der Waals surface area contributed by atoms with Gasteiger partial charge in [-0.2, -0.15) is 0 Å². The third-order valence-corrected chi connectivity index (χ3v) is 5.78. The zero-order valence-corrected chi connectivity index (χ0v) is 19.0. The van der Waals surface area contributed by atoms with Gasteiger partial charge in [0.15, 0.2) is 16.8 Å². The smallest absolute Gasteiger partial charge is 0.226 e. The Morgan fingerprint density at radius 2 is 2.00 bits per heavy atom. The first kappa shape index (κ1) is 21.9. The largest absolute Gasteiger partial charge is 0.497 e. The minimum absolute atomic E-state index is 0.180. The fourth-order valence-electron chi connectivity index (χ4n) is 3.08. The summed E-state index contributed by atoms with van der Waals surface area (Å²) in [5.74, 6) is 2.23. The van der Waals surface area contributed by atoms with E-state index in [0.717, 1.165) is 11.1 Å². The van der Waals surface area contributed by atoms with Crippen LogP contribution in [-0.2, 0) is 11.2 Å². The fourth-order valence-corrected chi connectivity index (χ4v) is 4.04. The van der Waals surface area contributed by atoms with Gasteiger partial charge in [-0.1, -0.05) is 23.7 Å². The predicted molar refractivity (Wildman–Crippen MR) is 125 cm³/mol. The first-order valence-electron chi connectivity index (χ1n) is 9.74. The van der Waals surface area contributed by atoms with E-state index in [0.29, 0.717) is 45.4 Å². The van der Waals surface area contributed by atoms with Gasteiger partial charge in [0, 0.05) is 29.3 Å². The Morgan fingerprint density at radius 1 is 1.16 bits per heavy atom. The molecule has 4 aromatic rings. The second kappa shape index (κ2) is 9.84. The number of aryl methyl sites for hydroxylation is 1. The number of halogens is 1. The average molecular weight is 470 g/mol. The third kappa shape index (κ3) is 4.92. The molecule has 4 rings (SSSR count). The molecule has 0 unspecified atom stereocenters. The number of benzene rings is 2. The molecule has 0 radical (unpaired) electrons. The van der Waals surface area contributed by atoms with Crippen LogP contribution in [0.15, 0.2) is 58.5 Å². The van der Waals surface area contributed by atoms with Crippen molar-refractivity contribution in [3.63, 3.8) is 0 Å². The molecular formula is C23H20ClN3O4S. The summed E-state index contributed by atoms with van der Waals surface area (Å²) in [6, 6.07) is 12.9. The molecule has 0 aliphatic heterocycles. The highest BCUT2D eigenvalue weighted by molar-refractivity contribution is 7.14. The van der Waals surface area contributed by atoms with Crippen LogP contribution in [0.4, 0.5) is 5.13 Å². The van der Waals surface area contributed by atoms with Gasteiger partial charge in [-0.15, -0.1) is 11.3 Å². The zero-order valence-electron chi connectivity index (χ0n) is 17.4. The van der Waals surface area contributed by atoms with Crippen molar-refractivity contribution in [2.45, 2.75) is 12.8 Å². The number of carbonyl (C=O) groups is 1. The summed E-state index contributed by atoms with van der Waals surface area (Å²) in [5.41, 5.74) is 2.24. The molecule has 2 aromatic heterocycles. The first-order valence-corrected chi connectivity index (χ1v) is 11.0. The Bertz CT molecular complexity index is 1240. The van der Waals surface area contributed by atoms with E-state index in [-0.39, 0.29) is 12.3 Å². The second-order valence-corrected chi connectivity index (χ2v) is 8.02. The second-order valence-electron chi connectivity index (χ2n) is 6.75. The maximum atomic E-state index is 12.4. The monoisotopic (exact) mass is 469 g/mol. The van der Waals surface area contributed by atoms with Crippen LogP contribution in [0.5, 0.6) is 11.5 Å². The Balaban J connectivity index is 1.38. The number of methoxy groups -OCH3 is 2. The van der Waals surface area contributed by atoms with E-state index in [2.05, 4.69) is 15.3 Å². The van der Waals surface area contributed by atoms with Crippen LogP contribution in [0.25, 0.3) is 22.6 Å². The number of nitrogens with one attached hydrogen (secondary N) is 1. The number of anilines is 1. The molecule has 0 bridgehead atoms. The van der Waals surface area contributed by atoms with Gasteiger partial charge in [0.2, 0.25) is 5.91 Å². The molecule has 32 heavy (non-hydrogen) atoms. The normalized spacial score (nSPS) is 10.7. The number of hydrogen-bond acceptors (Lipinski definition) is 7. The lowest BCUT2D eigenvalue weighted by Gasteiger charge is -2.08. The molecule has 2 heterocycles. The molecule has 7 nitrogen and oxygen atoms in total. The summed E-state index contributed by atoms with van der Waals surface area (Å²) in [6.45, 7) is 0. The van der Waals surface area contributed by atoms with Gasteiger partial charge in [0.1, 0.15) is 11.5 Å². The summed E-state index contributed by atoms with van der Waals surface area (Å²) < 4.78 is 16.4. The van der Waals surface area contributed by atoms with Gasteiger partial charge < -0.3 is 19.2 Å². The SMILES string of the molecule is COc1ccc(OC)c(-c2csc(NC(=O)CCc3ncc(-c4ccccc4Cl)o3)n2)c1. The van der Waals surface area contributed by atoms with Crippen LogP contribution in [0.1, 0.15) is 12.3 Å². The minimum atomic E-state index is -0.180. The Labute approximate surface area is 194 Å². The Kier molecular flexibility index (Phi) is 6.72. The van der Waals surface area contributed by atoms with E-state index >= 15 is 0 Å². The maximum Gasteiger partial charge on any atom is 0.226 e. The lowest BCUT2D eigenvalue weighted by atomic mass is 10.1. The van der Waals surface area contributed by atoms with Gasteiger partial charge in [-0.25, -0.2) is 9.97 Å². The molecule has 0 fully saturated rings. The van der Waals surface area contributed by atoms with Crippen molar-refractivity contribution < 1.29 is 18.7 Å². The van der Waals surface area contributed by atoms with Gasteiger partial charge in [0.05, 0.1) is 31.1 Å². The maximum absolute atomic E-state index is 12.4. The molecular weight excluding hydrogens is 450 g/mol. The number of nitrogens with zero attached hydrogens (tertiary/aromatic N) is 2. The van der Waals surface area contributed by atoms with Crippen molar-refractivity contribution in [2.24, 2.45) is 0 Å². The highest BCUT2D eigenvalue weighted by atomic mass is 35.5. The van der Waals surface area contributed by atoms with Crippen molar-refractivity contribution in [1.82, 2.24) is 9.97 Å². The van der Waals surface area contributed by atoms with Crippen molar-refractivity contribution in [2.75, 3.05) is 19.5 Å². The predicted octanol–water partition coefficient (Wildman–Crippen LogP) is 5.71. The molecule has 164 valence electrons. The number of ether oxygens (including phenoxy) is 2. The van der Waals surface area contributed by atoms with Crippen LogP contribution in [-0.4, -0.2) is 30.1 Å². The Morgan fingerprint density at radius 3 is 2.78 bits per heavy atom. The lowest BCUT2D eigenvalue weighted by molar-refractivity contribution is -0.116. The topological polar surface area (TPSA) is 86.5 Å². The zero-order chi connectivity index (χ0) is 22.5. The van der Waals surface area contributed by atoms with Crippen LogP contribution >= 0.6 is 22.9 Å². The number of oxazole rings is 1. The number of thiazole rings is 1. The van der Waals surface area contributed by atoms with Gasteiger partial charge in [-0.3, -0.25) is 4.79 Å². The third-order valence-electron chi connectivity index (χ3n) is 4.69. The summed E-state index contributed by atoms with van der Waals surface area (Å²) in [7, 11) is 3.20. The Hall–Kier alpha value is -3.36. The molecule has 0 spiro atoms. The van der Waals surface area contributed by atoms with E-state index in [9.17, 15) is 4.79 Å². The van der Waals surface area contributed by atoms with E-state index in [1.807, 2.05) is 41.8 Å². The van der Waals surface area contributed by atoms with E-state index < -0.39 is 0 Å². The van der Waals surface area contributed by atoms with E-state index in [4.69, 9.17) is 25.5 Å². The molecule has 0 saturated heterocycles. The molecule has 1 amide bonds. The van der Waals surface area contributed by atoms with E-state index in [1.165, 1.54) is 11.3 Å². The van der Waals surface area contributed by atoms with Crippen LogP contribution in [0, 0.1) is 0 Å². The highest BCUT2D eigenvalue weighted by Gasteiger charge is 2.14. The van der Waals surface area contributed by atoms with Crippen molar-refractivity contribution in [3.8, 4) is 34.1 Å². The number of rotatable bonds is 8. The summed E-state index contributed by atoms with van der Waals surface area (Å²) in [4.78, 5) is 21.2. The summed E-state index contributed by atoms with van der Waals surface area (Å²) in [5, 5.41) is 5.76. The standard InChI is InChI=1S/C23H20ClN3O4S/c1-29-14-7-8-19(30-2)16(11-14)18-13-32-23(26-18)27-21(28)9-10-22-25-12-20(31-22)15-5-3-4-6-17(15)24/h3-8,11-13H,9-10H2,1-2H3,(H,26,27,28). The molecule has 1 N–H and O–H groups in total. The molecule has 0 saturated carbocycles. The molecule has 0 aliphatic rings.